The molecule has 0 spiro atoms. The molecule has 0 aromatic carbocycles. The molecule has 0 saturated heterocycles. The molecular weight excluding hydrogens is 164 g/mol. The van der Waals surface area contributed by atoms with E-state index in [9.17, 15) is 0 Å². The van der Waals surface area contributed by atoms with E-state index in [4.69, 9.17) is 5.11 Å². The SMILES string of the molecule is C=C(C)CSSCCCO. The molecule has 0 bridgehead atoms. The van der Waals surface area contributed by atoms with Crippen molar-refractivity contribution in [1.82, 2.24) is 0 Å². The summed E-state index contributed by atoms with van der Waals surface area (Å²) in [5.41, 5.74) is 1.21. The van der Waals surface area contributed by atoms with Gasteiger partial charge >= 0.3 is 0 Å². The highest BCUT2D eigenvalue weighted by Gasteiger charge is 1.89. The van der Waals surface area contributed by atoms with Gasteiger partial charge in [-0.05, 0) is 13.3 Å². The fourth-order valence-corrected chi connectivity index (χ4v) is 2.53. The van der Waals surface area contributed by atoms with Gasteiger partial charge in [-0.3, -0.25) is 0 Å². The molecule has 0 amide bonds. The molecule has 0 aromatic heterocycles. The summed E-state index contributed by atoms with van der Waals surface area (Å²) >= 11 is 0. The third-order valence-electron chi connectivity index (χ3n) is 0.774. The summed E-state index contributed by atoms with van der Waals surface area (Å²) in [7, 11) is 3.61. The summed E-state index contributed by atoms with van der Waals surface area (Å²) in [5, 5.41) is 8.43. The van der Waals surface area contributed by atoms with E-state index < -0.39 is 0 Å². The van der Waals surface area contributed by atoms with Crippen LogP contribution >= 0.6 is 21.6 Å². The molecule has 0 rings (SSSR count). The normalized spacial score (nSPS) is 9.80. The molecule has 3 heteroatoms. The van der Waals surface area contributed by atoms with Crippen LogP contribution in [0, 0.1) is 0 Å². The summed E-state index contributed by atoms with van der Waals surface area (Å²) in [6.07, 6.45) is 0.897. The van der Waals surface area contributed by atoms with Gasteiger partial charge in [0.25, 0.3) is 0 Å². The average Bonchev–Trinajstić information content (AvgIpc) is 1.87. The first-order valence-corrected chi connectivity index (χ1v) is 5.76. The number of hydrogen-bond donors (Lipinski definition) is 1. The van der Waals surface area contributed by atoms with Gasteiger partial charge in [0.15, 0.2) is 0 Å². The quantitative estimate of drug-likeness (QED) is 0.383. The molecule has 0 aliphatic heterocycles. The van der Waals surface area contributed by atoms with E-state index in [1.54, 1.807) is 10.8 Å². The van der Waals surface area contributed by atoms with Gasteiger partial charge < -0.3 is 5.11 Å². The summed E-state index contributed by atoms with van der Waals surface area (Å²) in [5.74, 6) is 2.06. The van der Waals surface area contributed by atoms with Gasteiger partial charge in [-0.25, -0.2) is 0 Å². The molecule has 0 fully saturated rings. The van der Waals surface area contributed by atoms with Crippen LogP contribution in [-0.4, -0.2) is 23.2 Å². The maximum atomic E-state index is 8.43. The van der Waals surface area contributed by atoms with Crippen molar-refractivity contribution in [1.29, 1.82) is 0 Å². The van der Waals surface area contributed by atoms with E-state index in [1.807, 2.05) is 17.7 Å². The van der Waals surface area contributed by atoms with E-state index in [-0.39, 0.29) is 0 Å². The van der Waals surface area contributed by atoms with Gasteiger partial charge in [-0.15, -0.1) is 0 Å². The highest BCUT2D eigenvalue weighted by molar-refractivity contribution is 8.76. The zero-order valence-corrected chi connectivity index (χ0v) is 7.93. The van der Waals surface area contributed by atoms with Gasteiger partial charge in [-0.1, -0.05) is 33.7 Å². The van der Waals surface area contributed by atoms with Crippen LogP contribution in [-0.2, 0) is 0 Å². The number of rotatable bonds is 6. The van der Waals surface area contributed by atoms with Crippen LogP contribution in [0.25, 0.3) is 0 Å². The molecule has 0 aliphatic carbocycles. The van der Waals surface area contributed by atoms with E-state index in [1.165, 1.54) is 5.57 Å². The van der Waals surface area contributed by atoms with Crippen molar-refractivity contribution in [3.05, 3.63) is 12.2 Å². The Morgan fingerprint density at radius 3 is 2.70 bits per heavy atom. The number of hydrogen-bond acceptors (Lipinski definition) is 3. The van der Waals surface area contributed by atoms with E-state index in [0.29, 0.717) is 6.61 Å². The Hall–Kier alpha value is 0.400. The first-order chi connectivity index (χ1) is 4.77. The van der Waals surface area contributed by atoms with E-state index in [2.05, 4.69) is 6.58 Å². The Morgan fingerprint density at radius 1 is 1.50 bits per heavy atom. The van der Waals surface area contributed by atoms with Crippen LogP contribution in [0.5, 0.6) is 0 Å². The van der Waals surface area contributed by atoms with Crippen molar-refractivity contribution >= 4 is 21.6 Å². The largest absolute Gasteiger partial charge is 0.396 e. The fourth-order valence-electron chi connectivity index (χ4n) is 0.325. The third-order valence-corrected chi connectivity index (χ3v) is 3.36. The minimum absolute atomic E-state index is 0.306. The molecule has 1 N–H and O–H groups in total. The van der Waals surface area contributed by atoms with E-state index >= 15 is 0 Å². The molecule has 10 heavy (non-hydrogen) atoms. The number of aliphatic hydroxyl groups is 1. The molecular formula is C7H14OS2. The summed E-state index contributed by atoms with van der Waals surface area (Å²) in [4.78, 5) is 0. The van der Waals surface area contributed by atoms with Crippen molar-refractivity contribution < 1.29 is 5.11 Å². The lowest BCUT2D eigenvalue weighted by Crippen LogP contribution is -1.83. The van der Waals surface area contributed by atoms with Crippen molar-refractivity contribution in [2.24, 2.45) is 0 Å². The summed E-state index contributed by atoms with van der Waals surface area (Å²) in [6, 6.07) is 0. The molecule has 60 valence electrons. The predicted octanol–water partition coefficient (Wildman–Crippen LogP) is 2.33. The summed E-state index contributed by atoms with van der Waals surface area (Å²) < 4.78 is 0. The lowest BCUT2D eigenvalue weighted by Gasteiger charge is -1.97. The lowest BCUT2D eigenvalue weighted by atomic mass is 10.4. The predicted molar refractivity (Wildman–Crippen MR) is 51.4 cm³/mol. The zero-order valence-electron chi connectivity index (χ0n) is 6.30. The van der Waals surface area contributed by atoms with Gasteiger partial charge in [0.05, 0.1) is 0 Å². The highest BCUT2D eigenvalue weighted by Crippen LogP contribution is 2.23. The Bertz CT molecular complexity index is 93.6. The average molecular weight is 178 g/mol. The van der Waals surface area contributed by atoms with Crippen molar-refractivity contribution in [2.75, 3.05) is 18.1 Å². The first kappa shape index (κ1) is 10.4. The van der Waals surface area contributed by atoms with Gasteiger partial charge in [-0.2, -0.15) is 0 Å². The lowest BCUT2D eigenvalue weighted by molar-refractivity contribution is 0.296. The zero-order chi connectivity index (χ0) is 7.82. The molecule has 0 unspecified atom stereocenters. The molecule has 0 saturated carbocycles. The second-order valence-electron chi connectivity index (χ2n) is 2.12. The molecule has 0 aromatic rings. The smallest absolute Gasteiger partial charge is 0.0439 e. The van der Waals surface area contributed by atoms with Gasteiger partial charge in [0, 0.05) is 18.1 Å². The molecule has 1 nitrogen and oxygen atoms in total. The second-order valence-corrected chi connectivity index (χ2v) is 4.70. The van der Waals surface area contributed by atoms with Crippen molar-refractivity contribution in [3.8, 4) is 0 Å². The van der Waals surface area contributed by atoms with Gasteiger partial charge in [0.1, 0.15) is 0 Å². The van der Waals surface area contributed by atoms with Crippen molar-refractivity contribution in [2.45, 2.75) is 13.3 Å². The van der Waals surface area contributed by atoms with E-state index in [0.717, 1.165) is 17.9 Å². The van der Waals surface area contributed by atoms with Crippen molar-refractivity contribution in [3.63, 3.8) is 0 Å². The summed E-state index contributed by atoms with van der Waals surface area (Å²) in [6.45, 7) is 6.12. The molecule has 0 atom stereocenters. The third kappa shape index (κ3) is 8.40. The number of aliphatic hydroxyl groups excluding tert-OH is 1. The van der Waals surface area contributed by atoms with Crippen LogP contribution in [0.15, 0.2) is 12.2 Å². The Labute approximate surface area is 70.7 Å². The topological polar surface area (TPSA) is 20.2 Å². The Kier molecular flexibility index (Phi) is 7.81. The Morgan fingerprint density at radius 2 is 2.20 bits per heavy atom. The minimum Gasteiger partial charge on any atom is -0.396 e. The highest BCUT2D eigenvalue weighted by atomic mass is 33.1. The van der Waals surface area contributed by atoms with Crippen LogP contribution in [0.1, 0.15) is 13.3 Å². The van der Waals surface area contributed by atoms with Crippen LogP contribution in [0.2, 0.25) is 0 Å². The second kappa shape index (κ2) is 7.51. The van der Waals surface area contributed by atoms with Crippen LogP contribution < -0.4 is 0 Å². The Balaban J connectivity index is 2.84. The maximum Gasteiger partial charge on any atom is 0.0439 e. The standard InChI is InChI=1S/C7H14OS2/c1-7(2)6-10-9-5-3-4-8/h8H,1,3-6H2,2H3. The first-order valence-electron chi connectivity index (χ1n) is 3.27. The molecule has 0 aliphatic rings. The van der Waals surface area contributed by atoms with Crippen LogP contribution in [0.4, 0.5) is 0 Å². The fraction of sp³-hybridized carbons (Fsp3) is 0.714. The molecule has 0 radical (unpaired) electrons. The monoisotopic (exact) mass is 178 g/mol. The van der Waals surface area contributed by atoms with Gasteiger partial charge in [0.2, 0.25) is 0 Å². The molecule has 0 heterocycles. The van der Waals surface area contributed by atoms with Crippen LogP contribution in [0.3, 0.4) is 0 Å². The maximum absolute atomic E-state index is 8.43. The minimum atomic E-state index is 0.306.